The van der Waals surface area contributed by atoms with Gasteiger partial charge in [-0.1, -0.05) is 29.3 Å². The number of hydrogen-bond donors (Lipinski definition) is 1. The fourth-order valence-electron chi connectivity index (χ4n) is 2.46. The average Bonchev–Trinajstić information content (AvgIpc) is 2.59. The summed E-state index contributed by atoms with van der Waals surface area (Å²) in [5.74, 6) is -0.666. The maximum absolute atomic E-state index is 12.6. The first-order valence-corrected chi connectivity index (χ1v) is 10.1. The van der Waals surface area contributed by atoms with Gasteiger partial charge in [0.2, 0.25) is 0 Å². The highest BCUT2D eigenvalue weighted by atomic mass is 35.5. The third-order valence-corrected chi connectivity index (χ3v) is 6.31. The summed E-state index contributed by atoms with van der Waals surface area (Å²) in [7, 11) is -3.92. The van der Waals surface area contributed by atoms with E-state index < -0.39 is 21.1 Å². The van der Waals surface area contributed by atoms with Crippen LogP contribution in [-0.4, -0.2) is 31.4 Å². The van der Waals surface area contributed by atoms with Gasteiger partial charge in [0.15, 0.2) is 15.1 Å². The van der Waals surface area contributed by atoms with Gasteiger partial charge >= 0.3 is 5.97 Å². The van der Waals surface area contributed by atoms with Crippen molar-refractivity contribution >= 4 is 27.4 Å². The van der Waals surface area contributed by atoms with E-state index in [4.69, 9.17) is 16.3 Å². The zero-order valence-electron chi connectivity index (χ0n) is 14.4. The van der Waals surface area contributed by atoms with Crippen LogP contribution in [0.4, 0.5) is 0 Å². The van der Waals surface area contributed by atoms with E-state index in [1.54, 1.807) is 36.4 Å². The molecule has 0 bridgehead atoms. The van der Waals surface area contributed by atoms with E-state index in [9.17, 15) is 18.3 Å². The van der Waals surface area contributed by atoms with E-state index in [2.05, 4.69) is 0 Å². The molecule has 0 radical (unpaired) electrons. The summed E-state index contributed by atoms with van der Waals surface area (Å²) < 4.78 is 30.7. The molecule has 0 spiro atoms. The van der Waals surface area contributed by atoms with Crippen molar-refractivity contribution in [2.75, 3.05) is 6.61 Å². The van der Waals surface area contributed by atoms with Crippen LogP contribution in [-0.2, 0) is 14.6 Å². The van der Waals surface area contributed by atoms with Crippen LogP contribution in [0.3, 0.4) is 0 Å². The van der Waals surface area contributed by atoms with Crippen LogP contribution in [0.1, 0.15) is 24.8 Å². The highest BCUT2D eigenvalue weighted by Gasteiger charge is 2.33. The first-order chi connectivity index (χ1) is 12.3. The molecular weight excluding hydrogens is 376 g/mol. The molecule has 26 heavy (non-hydrogen) atoms. The first-order valence-electron chi connectivity index (χ1n) is 8.22. The maximum Gasteiger partial charge on any atom is 0.322 e. The smallest absolute Gasteiger partial charge is 0.322 e. The Balaban J connectivity index is 1.90. The summed E-state index contributed by atoms with van der Waals surface area (Å²) >= 11 is 5.79. The average molecular weight is 397 g/mol. The predicted molar refractivity (Wildman–Crippen MR) is 101 cm³/mol. The minimum atomic E-state index is -3.92. The lowest BCUT2D eigenvalue weighted by molar-refractivity contribution is -0.136. The molecule has 140 valence electrons. The van der Waals surface area contributed by atoms with Gasteiger partial charge in [0.25, 0.3) is 0 Å². The molecular formula is C19H21ClO5S. The van der Waals surface area contributed by atoms with Crippen molar-refractivity contribution in [3.8, 4) is 5.75 Å². The van der Waals surface area contributed by atoms with Crippen LogP contribution in [0.25, 0.3) is 0 Å². The topological polar surface area (TPSA) is 80.7 Å². The molecule has 0 aliphatic rings. The van der Waals surface area contributed by atoms with Gasteiger partial charge in [0.1, 0.15) is 5.75 Å². The number of unbranched alkanes of at least 4 members (excludes halogenated alkanes) is 1. The second-order valence-corrected chi connectivity index (χ2v) is 8.55. The molecule has 1 N–H and O–H groups in total. The third-order valence-electron chi connectivity index (χ3n) is 3.94. The van der Waals surface area contributed by atoms with E-state index in [0.29, 0.717) is 30.2 Å². The molecule has 0 amide bonds. The van der Waals surface area contributed by atoms with Crippen molar-refractivity contribution in [1.82, 2.24) is 0 Å². The number of aliphatic carboxylic acids is 1. The lowest BCUT2D eigenvalue weighted by Gasteiger charge is -2.14. The summed E-state index contributed by atoms with van der Waals surface area (Å²) in [6.07, 6.45) is 1.01. The maximum atomic E-state index is 12.6. The first kappa shape index (κ1) is 20.3. The number of carbonyl (C=O) groups is 1. The monoisotopic (exact) mass is 396 g/mol. The molecule has 0 saturated heterocycles. The van der Waals surface area contributed by atoms with Gasteiger partial charge in [-0.2, -0.15) is 0 Å². The van der Waals surface area contributed by atoms with Crippen molar-refractivity contribution in [2.24, 2.45) is 0 Å². The Bertz CT molecular complexity index is 829. The fraction of sp³-hybridized carbons (Fsp3) is 0.316. The molecule has 0 heterocycles. The van der Waals surface area contributed by atoms with Crippen LogP contribution >= 0.6 is 11.6 Å². The van der Waals surface area contributed by atoms with Crippen molar-refractivity contribution in [2.45, 2.75) is 36.3 Å². The van der Waals surface area contributed by atoms with Gasteiger partial charge in [-0.05, 0) is 62.6 Å². The zero-order valence-corrected chi connectivity index (χ0v) is 16.0. The molecule has 0 aromatic heterocycles. The van der Waals surface area contributed by atoms with Crippen molar-refractivity contribution in [3.05, 3.63) is 59.1 Å². The molecule has 5 nitrogen and oxygen atoms in total. The van der Waals surface area contributed by atoms with Crippen molar-refractivity contribution in [3.63, 3.8) is 0 Å². The number of sulfone groups is 1. The Morgan fingerprint density at radius 2 is 1.69 bits per heavy atom. The van der Waals surface area contributed by atoms with Crippen molar-refractivity contribution in [1.29, 1.82) is 0 Å². The van der Waals surface area contributed by atoms with Crippen LogP contribution in [0.15, 0.2) is 53.4 Å². The lowest BCUT2D eigenvalue weighted by Crippen LogP contribution is -2.30. The number of ether oxygens (including phenoxy) is 1. The van der Waals surface area contributed by atoms with Crippen LogP contribution in [0, 0.1) is 6.92 Å². The Morgan fingerprint density at radius 3 is 2.27 bits per heavy atom. The van der Waals surface area contributed by atoms with Crippen LogP contribution in [0.5, 0.6) is 5.75 Å². The van der Waals surface area contributed by atoms with E-state index in [1.807, 2.05) is 6.92 Å². The highest BCUT2D eigenvalue weighted by molar-refractivity contribution is 7.92. The molecule has 2 aromatic rings. The van der Waals surface area contributed by atoms with Gasteiger partial charge in [0.05, 0.1) is 11.5 Å². The highest BCUT2D eigenvalue weighted by Crippen LogP contribution is 2.21. The second kappa shape index (κ2) is 9.05. The number of halogens is 1. The van der Waals surface area contributed by atoms with Gasteiger partial charge in [-0.25, -0.2) is 8.42 Å². The standard InChI is InChI=1S/C19H21ClO5S/c1-14-5-11-17(12-6-14)26(23,24)18(19(21)22)4-2-3-13-25-16-9-7-15(20)8-10-16/h5-12,18H,2-4,13H2,1H3,(H,21,22). The Labute approximate surface area is 158 Å². The number of rotatable bonds is 9. The molecule has 0 aliphatic carbocycles. The number of aryl methyl sites for hydroxylation is 1. The van der Waals surface area contributed by atoms with Gasteiger partial charge in [0, 0.05) is 5.02 Å². The van der Waals surface area contributed by atoms with Crippen LogP contribution < -0.4 is 4.74 Å². The van der Waals surface area contributed by atoms with Gasteiger partial charge in [-0.3, -0.25) is 4.79 Å². The summed E-state index contributed by atoms with van der Waals surface area (Å²) in [6, 6.07) is 13.1. The zero-order chi connectivity index (χ0) is 19.2. The van der Waals surface area contributed by atoms with E-state index in [0.717, 1.165) is 5.56 Å². The molecule has 0 fully saturated rings. The Hall–Kier alpha value is -2.05. The number of carboxylic acids is 1. The molecule has 7 heteroatoms. The lowest BCUT2D eigenvalue weighted by atomic mass is 10.2. The number of benzene rings is 2. The fourth-order valence-corrected chi connectivity index (χ4v) is 4.17. The normalized spacial score (nSPS) is 12.5. The molecule has 0 aliphatic heterocycles. The van der Waals surface area contributed by atoms with Crippen molar-refractivity contribution < 1.29 is 23.1 Å². The Kier molecular flexibility index (Phi) is 7.06. The van der Waals surface area contributed by atoms with Gasteiger partial charge in [-0.15, -0.1) is 0 Å². The Morgan fingerprint density at radius 1 is 1.08 bits per heavy atom. The van der Waals surface area contributed by atoms with E-state index in [1.165, 1.54) is 12.1 Å². The van der Waals surface area contributed by atoms with Gasteiger partial charge < -0.3 is 9.84 Å². The number of hydrogen-bond acceptors (Lipinski definition) is 4. The minimum absolute atomic E-state index is 0.0351. The second-order valence-electron chi connectivity index (χ2n) is 5.98. The molecule has 1 unspecified atom stereocenters. The summed E-state index contributed by atoms with van der Waals surface area (Å²) in [4.78, 5) is 11.5. The SMILES string of the molecule is Cc1ccc(S(=O)(=O)C(CCCCOc2ccc(Cl)cc2)C(=O)O)cc1. The molecule has 0 saturated carbocycles. The quantitative estimate of drug-likeness (QED) is 0.644. The molecule has 1 atom stereocenters. The third kappa shape index (κ3) is 5.47. The van der Waals surface area contributed by atoms with Crippen LogP contribution in [0.2, 0.25) is 5.02 Å². The minimum Gasteiger partial charge on any atom is -0.494 e. The summed E-state index contributed by atoms with van der Waals surface area (Å²) in [5.41, 5.74) is 0.912. The predicted octanol–water partition coefficient (Wildman–Crippen LogP) is 4.12. The van der Waals surface area contributed by atoms with E-state index in [-0.39, 0.29) is 11.3 Å². The summed E-state index contributed by atoms with van der Waals surface area (Å²) in [5, 5.41) is 8.52. The number of carboxylic acid groups (broad SMARTS) is 1. The summed E-state index contributed by atoms with van der Waals surface area (Å²) in [6.45, 7) is 2.21. The molecule has 2 rings (SSSR count). The largest absolute Gasteiger partial charge is 0.494 e. The molecule has 2 aromatic carbocycles. The van der Waals surface area contributed by atoms with E-state index >= 15 is 0 Å².